The summed E-state index contributed by atoms with van der Waals surface area (Å²) in [5.74, 6) is -1.53. The topological polar surface area (TPSA) is 102 Å². The highest BCUT2D eigenvalue weighted by atomic mass is 19.4. The van der Waals surface area contributed by atoms with Crippen LogP contribution in [0.2, 0.25) is 0 Å². The number of hydrogen-bond donors (Lipinski definition) is 2. The first-order valence-corrected chi connectivity index (χ1v) is 5.77. The number of nitrogens with zero attached hydrogens (tertiary/aromatic N) is 3. The largest absolute Gasteiger partial charge is 0.390 e. The molecule has 0 aromatic carbocycles. The van der Waals surface area contributed by atoms with Crippen molar-refractivity contribution in [3.8, 4) is 0 Å². The van der Waals surface area contributed by atoms with Crippen LogP contribution in [0.15, 0.2) is 18.5 Å². The van der Waals surface area contributed by atoms with Gasteiger partial charge < -0.3 is 11.1 Å². The Bertz CT molecular complexity index is 695. The van der Waals surface area contributed by atoms with Gasteiger partial charge in [0.25, 0.3) is 11.8 Å². The molecule has 0 aliphatic heterocycles. The number of alkyl halides is 3. The van der Waals surface area contributed by atoms with Crippen molar-refractivity contribution in [3.63, 3.8) is 0 Å². The van der Waals surface area contributed by atoms with E-state index in [1.165, 1.54) is 12.3 Å². The molecule has 0 aliphatic rings. The Morgan fingerprint density at radius 1 is 1.38 bits per heavy atom. The maximum absolute atomic E-state index is 12.0. The lowest BCUT2D eigenvalue weighted by molar-refractivity contribution is -0.133. The molecule has 0 spiro atoms. The molecule has 0 bridgehead atoms. The molecule has 0 radical (unpaired) electrons. The van der Waals surface area contributed by atoms with Gasteiger partial charge in [0.15, 0.2) is 5.65 Å². The van der Waals surface area contributed by atoms with Crippen molar-refractivity contribution in [2.45, 2.75) is 12.6 Å². The molecule has 0 saturated heterocycles. The molecule has 0 aliphatic carbocycles. The van der Waals surface area contributed by atoms with E-state index in [9.17, 15) is 22.8 Å². The van der Waals surface area contributed by atoms with Crippen LogP contribution in [0.3, 0.4) is 0 Å². The van der Waals surface area contributed by atoms with Crippen LogP contribution in [0.5, 0.6) is 0 Å². The summed E-state index contributed by atoms with van der Waals surface area (Å²) in [6, 6.07) is 1.27. The van der Waals surface area contributed by atoms with E-state index < -0.39 is 31.0 Å². The zero-order valence-electron chi connectivity index (χ0n) is 10.5. The van der Waals surface area contributed by atoms with Crippen molar-refractivity contribution in [1.82, 2.24) is 19.9 Å². The number of halogens is 3. The SMILES string of the molecule is NC(=O)c1cnn2c(C(=O)NCCC(F)(F)F)ccnc12. The fourth-order valence-electron chi connectivity index (χ4n) is 1.65. The molecule has 7 nitrogen and oxygen atoms in total. The Morgan fingerprint density at radius 2 is 2.10 bits per heavy atom. The standard InChI is InChI=1S/C11H10F3N5O2/c12-11(13,14)2-4-17-10(21)7-1-3-16-9-6(8(15)20)5-18-19(7)9/h1,3,5H,2,4H2,(H2,15,20)(H,17,21). The zero-order valence-corrected chi connectivity index (χ0v) is 10.5. The van der Waals surface area contributed by atoms with Gasteiger partial charge in [0, 0.05) is 12.7 Å². The van der Waals surface area contributed by atoms with Crippen LogP contribution in [-0.4, -0.2) is 39.1 Å². The number of hydrogen-bond acceptors (Lipinski definition) is 4. The number of nitrogens with two attached hydrogens (primary N) is 1. The highest BCUT2D eigenvalue weighted by Gasteiger charge is 2.27. The summed E-state index contributed by atoms with van der Waals surface area (Å²) in [6.07, 6.45) is -3.12. The predicted octanol–water partition coefficient (Wildman–Crippen LogP) is 0.510. The summed E-state index contributed by atoms with van der Waals surface area (Å²) in [7, 11) is 0. The summed E-state index contributed by atoms with van der Waals surface area (Å²) >= 11 is 0. The fraction of sp³-hybridized carbons (Fsp3) is 0.273. The average Bonchev–Trinajstić information content (AvgIpc) is 2.80. The molecule has 0 saturated carbocycles. The van der Waals surface area contributed by atoms with E-state index >= 15 is 0 Å². The third kappa shape index (κ3) is 3.27. The Labute approximate surface area is 115 Å². The smallest absolute Gasteiger partial charge is 0.365 e. The van der Waals surface area contributed by atoms with Crippen LogP contribution in [0.1, 0.15) is 27.3 Å². The molecule has 3 N–H and O–H groups in total. The van der Waals surface area contributed by atoms with Crippen LogP contribution < -0.4 is 11.1 Å². The Kier molecular flexibility index (Phi) is 3.78. The van der Waals surface area contributed by atoms with Gasteiger partial charge in [0.2, 0.25) is 0 Å². The quantitative estimate of drug-likeness (QED) is 0.858. The number of nitrogens with one attached hydrogen (secondary N) is 1. The third-order valence-corrected chi connectivity index (χ3v) is 2.59. The number of primary amides is 1. The van der Waals surface area contributed by atoms with Gasteiger partial charge in [-0.2, -0.15) is 18.3 Å². The minimum absolute atomic E-state index is 0.0138. The maximum Gasteiger partial charge on any atom is 0.390 e. The molecule has 0 unspecified atom stereocenters. The van der Waals surface area contributed by atoms with Gasteiger partial charge in [-0.1, -0.05) is 0 Å². The van der Waals surface area contributed by atoms with Crippen molar-refractivity contribution in [2.24, 2.45) is 5.73 Å². The first-order valence-electron chi connectivity index (χ1n) is 5.77. The Balaban J connectivity index is 2.22. The van der Waals surface area contributed by atoms with Gasteiger partial charge in [-0.25, -0.2) is 9.50 Å². The van der Waals surface area contributed by atoms with Gasteiger partial charge in [-0.05, 0) is 6.07 Å². The summed E-state index contributed by atoms with van der Waals surface area (Å²) < 4.78 is 37.1. The summed E-state index contributed by atoms with van der Waals surface area (Å²) in [6.45, 7) is -0.559. The molecule has 112 valence electrons. The number of carbonyl (C=O) groups is 2. The molecular formula is C11H10F3N5O2. The highest BCUT2D eigenvalue weighted by molar-refractivity contribution is 5.99. The summed E-state index contributed by atoms with van der Waals surface area (Å²) in [5, 5.41) is 5.91. The molecule has 0 fully saturated rings. The molecule has 2 amide bonds. The van der Waals surface area contributed by atoms with Gasteiger partial charge in [-0.3, -0.25) is 9.59 Å². The minimum atomic E-state index is -4.36. The first-order chi connectivity index (χ1) is 9.79. The van der Waals surface area contributed by atoms with E-state index in [-0.39, 0.29) is 16.9 Å². The summed E-state index contributed by atoms with van der Waals surface area (Å²) in [4.78, 5) is 26.8. The van der Waals surface area contributed by atoms with E-state index in [0.717, 1.165) is 10.7 Å². The van der Waals surface area contributed by atoms with Crippen LogP contribution in [-0.2, 0) is 0 Å². The maximum atomic E-state index is 12.0. The van der Waals surface area contributed by atoms with Gasteiger partial charge >= 0.3 is 6.18 Å². The van der Waals surface area contributed by atoms with E-state index in [4.69, 9.17) is 5.73 Å². The second-order valence-corrected chi connectivity index (χ2v) is 4.11. The average molecular weight is 301 g/mol. The predicted molar refractivity (Wildman–Crippen MR) is 64.5 cm³/mol. The second kappa shape index (κ2) is 5.38. The number of aromatic nitrogens is 3. The molecule has 21 heavy (non-hydrogen) atoms. The van der Waals surface area contributed by atoms with Crippen molar-refractivity contribution in [3.05, 3.63) is 29.7 Å². The lowest BCUT2D eigenvalue weighted by Crippen LogP contribution is -2.29. The van der Waals surface area contributed by atoms with E-state index in [1.54, 1.807) is 0 Å². The normalized spacial score (nSPS) is 11.6. The first kappa shape index (κ1) is 14.8. The lowest BCUT2D eigenvalue weighted by Gasteiger charge is -2.08. The van der Waals surface area contributed by atoms with E-state index in [2.05, 4.69) is 15.4 Å². The molecule has 2 heterocycles. The number of amides is 2. The van der Waals surface area contributed by atoms with Gasteiger partial charge in [0.1, 0.15) is 11.3 Å². The van der Waals surface area contributed by atoms with Crippen molar-refractivity contribution in [1.29, 1.82) is 0 Å². The lowest BCUT2D eigenvalue weighted by atomic mass is 10.3. The Morgan fingerprint density at radius 3 is 2.71 bits per heavy atom. The van der Waals surface area contributed by atoms with Crippen LogP contribution in [0.4, 0.5) is 13.2 Å². The van der Waals surface area contributed by atoms with Crippen LogP contribution >= 0.6 is 0 Å². The molecule has 2 aromatic heterocycles. The number of rotatable bonds is 4. The Hall–Kier alpha value is -2.65. The van der Waals surface area contributed by atoms with Crippen molar-refractivity contribution < 1.29 is 22.8 Å². The van der Waals surface area contributed by atoms with Gasteiger partial charge in [0.05, 0.1) is 12.6 Å². The zero-order chi connectivity index (χ0) is 15.6. The van der Waals surface area contributed by atoms with Gasteiger partial charge in [-0.15, -0.1) is 0 Å². The summed E-state index contributed by atoms with van der Waals surface area (Å²) in [5.41, 5.74) is 5.15. The number of fused-ring (bicyclic) bond motifs is 1. The molecule has 10 heteroatoms. The van der Waals surface area contributed by atoms with Crippen LogP contribution in [0, 0.1) is 0 Å². The number of carbonyl (C=O) groups excluding carboxylic acids is 2. The molecule has 2 aromatic rings. The molecular weight excluding hydrogens is 291 g/mol. The van der Waals surface area contributed by atoms with Crippen LogP contribution in [0.25, 0.3) is 5.65 Å². The second-order valence-electron chi connectivity index (χ2n) is 4.11. The van der Waals surface area contributed by atoms with Crippen molar-refractivity contribution in [2.75, 3.05) is 6.54 Å². The molecule has 0 atom stereocenters. The minimum Gasteiger partial charge on any atom is -0.365 e. The fourth-order valence-corrected chi connectivity index (χ4v) is 1.65. The highest BCUT2D eigenvalue weighted by Crippen LogP contribution is 2.18. The van der Waals surface area contributed by atoms with E-state index in [0.29, 0.717) is 0 Å². The monoisotopic (exact) mass is 301 g/mol. The third-order valence-electron chi connectivity index (χ3n) is 2.59. The van der Waals surface area contributed by atoms with E-state index in [1.807, 2.05) is 0 Å². The van der Waals surface area contributed by atoms with Crippen molar-refractivity contribution >= 4 is 17.5 Å². The molecule has 2 rings (SSSR count).